The molecule has 0 aromatic heterocycles. The van der Waals surface area contributed by atoms with Gasteiger partial charge in [0.25, 0.3) is 0 Å². The van der Waals surface area contributed by atoms with Crippen LogP contribution >= 0.6 is 22.2 Å². The van der Waals surface area contributed by atoms with Gasteiger partial charge in [-0.15, -0.1) is 0 Å². The number of unbranched alkanes of at least 4 members (excludes halogenated alkanes) is 24. The highest BCUT2D eigenvalue weighted by Crippen LogP contribution is 2.20. The van der Waals surface area contributed by atoms with Crippen molar-refractivity contribution in [2.75, 3.05) is 26.4 Å². The van der Waals surface area contributed by atoms with E-state index in [4.69, 9.17) is 35.7 Å². The Labute approximate surface area is 255 Å². The largest absolute Gasteiger partial charge is 0.551 e. The van der Waals surface area contributed by atoms with E-state index in [1.165, 1.54) is 154 Å². The van der Waals surface area contributed by atoms with Gasteiger partial charge in [0.05, 0.1) is 0 Å². The zero-order valence-corrected chi connectivity index (χ0v) is 28.9. The van der Waals surface area contributed by atoms with Crippen molar-refractivity contribution in [2.45, 2.75) is 187 Å². The first-order valence-corrected chi connectivity index (χ1v) is 21.2. The molecule has 0 fully saturated rings. The molecule has 0 spiro atoms. The third-order valence-corrected chi connectivity index (χ3v) is 10.0. The molecule has 0 rings (SSSR count). The van der Waals surface area contributed by atoms with Gasteiger partial charge in [-0.3, -0.25) is 0 Å². The Morgan fingerprint density at radius 1 is 0.333 bits per heavy atom. The van der Waals surface area contributed by atoms with Crippen LogP contribution in [0.2, 0.25) is 0 Å². The summed E-state index contributed by atoms with van der Waals surface area (Å²) in [5.41, 5.74) is 0. The molecule has 0 radical (unpaired) electrons. The molecule has 6 heteroatoms. The van der Waals surface area contributed by atoms with E-state index in [1.807, 2.05) is 0 Å². The van der Waals surface area contributed by atoms with Gasteiger partial charge >= 0.3 is 7.18 Å². The standard InChI is InChI=1S/C33H68Cl2O3Si/c1-3-5-7-9-11-13-15-16-17-18-19-20-22-24-26-28-32-37-39(34,35)38-33-29-31-36-30-27-25-23-21-14-12-10-8-6-4-2/h3-33H2,1-2H3. The van der Waals surface area contributed by atoms with Crippen molar-refractivity contribution in [3.63, 3.8) is 0 Å². The Morgan fingerprint density at radius 2 is 0.590 bits per heavy atom. The van der Waals surface area contributed by atoms with Gasteiger partial charge in [0, 0.05) is 26.4 Å². The Hall–Kier alpha value is 0.677. The average Bonchev–Trinajstić information content (AvgIpc) is 2.92. The lowest BCUT2D eigenvalue weighted by Gasteiger charge is -2.17. The highest BCUT2D eigenvalue weighted by Gasteiger charge is 2.33. The zero-order valence-electron chi connectivity index (χ0n) is 26.4. The summed E-state index contributed by atoms with van der Waals surface area (Å²) in [7, 11) is -3.03. The first-order valence-electron chi connectivity index (χ1n) is 17.4. The fourth-order valence-corrected chi connectivity index (χ4v) is 6.80. The summed E-state index contributed by atoms with van der Waals surface area (Å²) in [4.78, 5) is 0. The molecule has 0 N–H and O–H groups in total. The average molecular weight is 612 g/mol. The number of hydrogen-bond acceptors (Lipinski definition) is 3. The normalized spacial score (nSPS) is 12.0. The Bertz CT molecular complexity index is 455. The molecule has 39 heavy (non-hydrogen) atoms. The zero-order chi connectivity index (χ0) is 28.5. The van der Waals surface area contributed by atoms with Gasteiger partial charge in [-0.1, -0.05) is 190 Å². The molecule has 0 unspecified atom stereocenters. The van der Waals surface area contributed by atoms with E-state index in [1.54, 1.807) is 0 Å². The fourth-order valence-electron chi connectivity index (χ4n) is 5.03. The molecule has 0 saturated carbocycles. The third kappa shape index (κ3) is 34.8. The van der Waals surface area contributed by atoms with Crippen molar-refractivity contribution in [1.82, 2.24) is 0 Å². The Balaban J connectivity index is 3.26. The topological polar surface area (TPSA) is 27.7 Å². The lowest BCUT2D eigenvalue weighted by Crippen LogP contribution is -2.30. The minimum Gasteiger partial charge on any atom is -0.381 e. The lowest BCUT2D eigenvalue weighted by atomic mass is 10.0. The number of halogens is 2. The van der Waals surface area contributed by atoms with E-state index in [0.29, 0.717) is 19.8 Å². The van der Waals surface area contributed by atoms with Crippen LogP contribution in [0.25, 0.3) is 0 Å². The molecule has 0 aliphatic carbocycles. The molecule has 0 atom stereocenters. The second-order valence-electron chi connectivity index (χ2n) is 11.6. The van der Waals surface area contributed by atoms with Gasteiger partial charge < -0.3 is 13.6 Å². The van der Waals surface area contributed by atoms with Crippen molar-refractivity contribution in [3.8, 4) is 0 Å². The van der Waals surface area contributed by atoms with Crippen LogP contribution in [-0.4, -0.2) is 33.6 Å². The predicted octanol–water partition coefficient (Wildman–Crippen LogP) is 12.5. The van der Waals surface area contributed by atoms with Gasteiger partial charge in [0.2, 0.25) is 0 Å². The minimum absolute atomic E-state index is 0.510. The quantitative estimate of drug-likeness (QED) is 0.0411. The molecular weight excluding hydrogens is 543 g/mol. The maximum absolute atomic E-state index is 6.28. The maximum Gasteiger partial charge on any atom is 0.551 e. The summed E-state index contributed by atoms with van der Waals surface area (Å²) in [5, 5.41) is 0. The van der Waals surface area contributed by atoms with Gasteiger partial charge in [0.15, 0.2) is 0 Å². The molecule has 0 aromatic carbocycles. The van der Waals surface area contributed by atoms with Crippen LogP contribution in [0, 0.1) is 0 Å². The summed E-state index contributed by atoms with van der Waals surface area (Å²) in [6, 6.07) is 0. The van der Waals surface area contributed by atoms with E-state index in [2.05, 4.69) is 13.8 Å². The number of hydrogen-bond donors (Lipinski definition) is 0. The van der Waals surface area contributed by atoms with E-state index >= 15 is 0 Å². The van der Waals surface area contributed by atoms with E-state index < -0.39 is 7.18 Å². The molecule has 0 saturated heterocycles. The van der Waals surface area contributed by atoms with Crippen LogP contribution < -0.4 is 0 Å². The van der Waals surface area contributed by atoms with E-state index in [9.17, 15) is 0 Å². The molecule has 0 aromatic rings. The van der Waals surface area contributed by atoms with Crippen molar-refractivity contribution < 1.29 is 13.6 Å². The lowest BCUT2D eigenvalue weighted by molar-refractivity contribution is 0.109. The number of ether oxygens (including phenoxy) is 1. The molecule has 236 valence electrons. The van der Waals surface area contributed by atoms with Crippen LogP contribution in [0.1, 0.15) is 187 Å². The summed E-state index contributed by atoms with van der Waals surface area (Å²) in [6.45, 7) is 7.22. The second kappa shape index (κ2) is 33.2. The highest BCUT2D eigenvalue weighted by atomic mass is 35.7. The highest BCUT2D eigenvalue weighted by molar-refractivity contribution is 7.39. The van der Waals surface area contributed by atoms with Crippen LogP contribution in [0.3, 0.4) is 0 Å². The molecule has 0 aliphatic rings. The van der Waals surface area contributed by atoms with Crippen molar-refractivity contribution >= 4 is 29.3 Å². The van der Waals surface area contributed by atoms with Crippen LogP contribution in [0.5, 0.6) is 0 Å². The smallest absolute Gasteiger partial charge is 0.381 e. The third-order valence-electron chi connectivity index (χ3n) is 7.61. The van der Waals surface area contributed by atoms with Crippen LogP contribution in [0.15, 0.2) is 0 Å². The van der Waals surface area contributed by atoms with Crippen LogP contribution in [-0.2, 0) is 13.6 Å². The van der Waals surface area contributed by atoms with Gasteiger partial charge in [0.1, 0.15) is 0 Å². The molecule has 0 aliphatic heterocycles. The van der Waals surface area contributed by atoms with Crippen molar-refractivity contribution in [2.24, 2.45) is 0 Å². The second-order valence-corrected chi connectivity index (χ2v) is 16.7. The molecule has 0 bridgehead atoms. The number of rotatable bonds is 34. The van der Waals surface area contributed by atoms with Crippen molar-refractivity contribution in [3.05, 3.63) is 0 Å². The van der Waals surface area contributed by atoms with Gasteiger partial charge in [-0.05, 0) is 19.3 Å². The predicted molar refractivity (Wildman–Crippen MR) is 176 cm³/mol. The summed E-state index contributed by atoms with van der Waals surface area (Å²) in [5.74, 6) is 0. The molecule has 3 nitrogen and oxygen atoms in total. The van der Waals surface area contributed by atoms with Gasteiger partial charge in [-0.2, -0.15) is 0 Å². The van der Waals surface area contributed by atoms with Crippen molar-refractivity contribution in [1.29, 1.82) is 0 Å². The SMILES string of the molecule is CCCCCCCCCCCCCCCCCCO[Si](Cl)(Cl)OCCCOCCCCCCCCCCCC. The maximum atomic E-state index is 6.28. The molecule has 0 amide bonds. The van der Waals surface area contributed by atoms with Gasteiger partial charge in [-0.25, -0.2) is 0 Å². The molecule has 0 heterocycles. The minimum atomic E-state index is -3.03. The molecular formula is C33H68Cl2O3Si. The monoisotopic (exact) mass is 610 g/mol. The van der Waals surface area contributed by atoms with E-state index in [0.717, 1.165) is 25.9 Å². The van der Waals surface area contributed by atoms with Crippen LogP contribution in [0.4, 0.5) is 0 Å². The van der Waals surface area contributed by atoms with E-state index in [-0.39, 0.29) is 0 Å². The Kier molecular flexibility index (Phi) is 33.8. The summed E-state index contributed by atoms with van der Waals surface area (Å²) in [6.07, 6.45) is 36.1. The Morgan fingerprint density at radius 3 is 0.949 bits per heavy atom. The summed E-state index contributed by atoms with van der Waals surface area (Å²) >= 11 is 12.6. The first-order chi connectivity index (χ1) is 19.1. The summed E-state index contributed by atoms with van der Waals surface area (Å²) < 4.78 is 17.0. The fraction of sp³-hybridized carbons (Fsp3) is 1.00. The first kappa shape index (κ1) is 39.7.